The fourth-order valence-corrected chi connectivity index (χ4v) is 10.7. The highest BCUT2D eigenvalue weighted by atomic mass is 15.1. The minimum Gasteiger partial charge on any atom is -0.310 e. The molecule has 0 saturated carbocycles. The van der Waals surface area contributed by atoms with Crippen molar-refractivity contribution < 1.29 is 0 Å². The van der Waals surface area contributed by atoms with Crippen LogP contribution in [0, 0.1) is 13.8 Å². The number of nitrogens with zero attached hydrogens (tertiary/aromatic N) is 1. The van der Waals surface area contributed by atoms with Crippen LogP contribution in [0.1, 0.15) is 58.4 Å². The summed E-state index contributed by atoms with van der Waals surface area (Å²) in [5.41, 5.74) is 23.3. The molecule has 1 nitrogen and oxygen atoms in total. The summed E-state index contributed by atoms with van der Waals surface area (Å²) in [7, 11) is 0. The van der Waals surface area contributed by atoms with E-state index in [0.717, 1.165) is 11.4 Å². The van der Waals surface area contributed by atoms with Crippen molar-refractivity contribution in [3.8, 4) is 44.5 Å². The van der Waals surface area contributed by atoms with Crippen LogP contribution >= 0.6 is 0 Å². The largest absolute Gasteiger partial charge is 0.310 e. The second kappa shape index (κ2) is 14.2. The minimum atomic E-state index is -0.502. The molecule has 0 atom stereocenters. The molecular weight excluding hydrogens is 735 g/mol. The normalized spacial score (nSPS) is 13.8. The van der Waals surface area contributed by atoms with Gasteiger partial charge in [0.25, 0.3) is 0 Å². The Bertz CT molecular complexity index is 3060. The molecule has 0 heterocycles. The number of fused-ring (bicyclic) bond motifs is 6. The average molecular weight is 782 g/mol. The third-order valence-electron chi connectivity index (χ3n) is 13.6. The lowest BCUT2D eigenvalue weighted by Gasteiger charge is -2.35. The number of benzene rings is 9. The maximum absolute atomic E-state index is 2.52. The van der Waals surface area contributed by atoms with Crippen LogP contribution < -0.4 is 4.90 Å². The Morgan fingerprint density at radius 1 is 0.328 bits per heavy atom. The van der Waals surface area contributed by atoms with E-state index in [1.807, 2.05) is 0 Å². The first-order chi connectivity index (χ1) is 29.8. The molecule has 0 aliphatic heterocycles. The summed E-state index contributed by atoms with van der Waals surface area (Å²) < 4.78 is 0. The van der Waals surface area contributed by atoms with E-state index in [9.17, 15) is 0 Å². The summed E-state index contributed by atoms with van der Waals surface area (Å²) in [6, 6.07) is 79.0. The third kappa shape index (κ3) is 5.68. The van der Waals surface area contributed by atoms with E-state index in [1.165, 1.54) is 94.7 Å². The van der Waals surface area contributed by atoms with Crippen LogP contribution in [0.5, 0.6) is 0 Å². The minimum absolute atomic E-state index is 0.135. The first-order valence-corrected chi connectivity index (χ1v) is 21.5. The summed E-state index contributed by atoms with van der Waals surface area (Å²) in [5.74, 6) is 0. The van der Waals surface area contributed by atoms with Gasteiger partial charge in [-0.2, -0.15) is 0 Å². The quantitative estimate of drug-likeness (QED) is 0.156. The van der Waals surface area contributed by atoms with Gasteiger partial charge < -0.3 is 4.90 Å². The van der Waals surface area contributed by atoms with Crippen molar-refractivity contribution in [2.45, 2.75) is 38.5 Å². The Morgan fingerprint density at radius 3 is 1.41 bits per heavy atom. The first-order valence-electron chi connectivity index (χ1n) is 21.5. The highest BCUT2D eigenvalue weighted by Gasteiger charge is 2.46. The topological polar surface area (TPSA) is 3.24 Å². The molecule has 0 unspecified atom stereocenters. The van der Waals surface area contributed by atoms with Crippen LogP contribution in [-0.2, 0) is 10.8 Å². The molecule has 11 rings (SSSR count). The molecule has 0 bridgehead atoms. The van der Waals surface area contributed by atoms with Crippen LogP contribution in [0.15, 0.2) is 212 Å². The zero-order chi connectivity index (χ0) is 41.3. The van der Waals surface area contributed by atoms with Crippen LogP contribution in [0.3, 0.4) is 0 Å². The van der Waals surface area contributed by atoms with Crippen molar-refractivity contribution in [2.75, 3.05) is 4.90 Å². The molecule has 1 heteroatoms. The summed E-state index contributed by atoms with van der Waals surface area (Å²) in [5, 5.41) is 0. The van der Waals surface area contributed by atoms with Crippen molar-refractivity contribution in [1.29, 1.82) is 0 Å². The Morgan fingerprint density at radius 2 is 0.787 bits per heavy atom. The molecule has 61 heavy (non-hydrogen) atoms. The number of aryl methyl sites for hydroxylation is 2. The highest BCUT2D eigenvalue weighted by Crippen LogP contribution is 2.58. The van der Waals surface area contributed by atoms with Gasteiger partial charge in [0.15, 0.2) is 0 Å². The van der Waals surface area contributed by atoms with E-state index in [0.29, 0.717) is 0 Å². The molecular formula is C60H47N. The van der Waals surface area contributed by atoms with E-state index >= 15 is 0 Å². The second-order valence-electron chi connectivity index (χ2n) is 17.4. The number of hydrogen-bond donors (Lipinski definition) is 0. The zero-order valence-corrected chi connectivity index (χ0v) is 35.2. The summed E-state index contributed by atoms with van der Waals surface area (Å²) >= 11 is 0. The lowest BCUT2D eigenvalue weighted by Crippen LogP contribution is -2.28. The monoisotopic (exact) mass is 781 g/mol. The Kier molecular flexibility index (Phi) is 8.58. The fourth-order valence-electron chi connectivity index (χ4n) is 10.7. The van der Waals surface area contributed by atoms with Crippen LogP contribution in [0.2, 0.25) is 0 Å². The Labute approximate surface area is 360 Å². The molecule has 292 valence electrons. The van der Waals surface area contributed by atoms with Gasteiger partial charge >= 0.3 is 0 Å². The van der Waals surface area contributed by atoms with E-state index < -0.39 is 5.41 Å². The molecule has 0 saturated heterocycles. The molecule has 0 fully saturated rings. The van der Waals surface area contributed by atoms with E-state index in [4.69, 9.17) is 0 Å². The van der Waals surface area contributed by atoms with Crippen molar-refractivity contribution in [3.05, 3.63) is 257 Å². The van der Waals surface area contributed by atoms with Gasteiger partial charge in [0.2, 0.25) is 0 Å². The molecule has 2 aliphatic carbocycles. The number of rotatable bonds is 7. The van der Waals surface area contributed by atoms with Gasteiger partial charge in [-0.3, -0.25) is 0 Å². The SMILES string of the molecule is Cc1cc(N(c2ccc3c(c2)C(C)(C)c2ccccc2-3)c2ccc3c(c2)C(c2ccccc2)(c2ccccc2)c2ccccc2-3)c(C)cc1-c1ccc(-c2ccccc2)cc1. The van der Waals surface area contributed by atoms with Gasteiger partial charge in [0.05, 0.1) is 5.41 Å². The third-order valence-corrected chi connectivity index (χ3v) is 13.6. The van der Waals surface area contributed by atoms with Gasteiger partial charge in [0.1, 0.15) is 0 Å². The van der Waals surface area contributed by atoms with Gasteiger partial charge in [-0.1, -0.05) is 190 Å². The molecule has 2 aliphatic rings. The van der Waals surface area contributed by atoms with E-state index in [2.05, 4.69) is 245 Å². The summed E-state index contributed by atoms with van der Waals surface area (Å²) in [6.45, 7) is 9.29. The van der Waals surface area contributed by atoms with Gasteiger partial charge in [0, 0.05) is 22.5 Å². The first kappa shape index (κ1) is 36.8. The van der Waals surface area contributed by atoms with Crippen LogP contribution in [0.4, 0.5) is 17.1 Å². The standard InChI is InChI=1S/C60H47N/c1-40-37-58(41(2)36-53(40)44-30-28-43(29-31-44)42-18-8-5-9-19-42)61(47-32-34-51-49-24-14-16-26-54(49)59(3,4)56(51)38-47)48-33-35-52-50-25-15-17-27-55(50)60(57(52)39-48,45-20-10-6-11-21-45)46-22-12-7-13-23-46/h5-39H,1-4H3. The van der Waals surface area contributed by atoms with Crippen molar-refractivity contribution in [2.24, 2.45) is 0 Å². The number of hydrogen-bond acceptors (Lipinski definition) is 1. The van der Waals surface area contributed by atoms with Gasteiger partial charge in [-0.15, -0.1) is 0 Å². The van der Waals surface area contributed by atoms with Gasteiger partial charge in [-0.05, 0) is 139 Å². The fraction of sp³-hybridized carbons (Fsp3) is 0.100. The number of anilines is 3. The van der Waals surface area contributed by atoms with Crippen LogP contribution in [0.25, 0.3) is 44.5 Å². The summed E-state index contributed by atoms with van der Waals surface area (Å²) in [4.78, 5) is 2.52. The lowest BCUT2D eigenvalue weighted by molar-refractivity contribution is 0.660. The molecule has 0 aromatic heterocycles. The molecule has 0 N–H and O–H groups in total. The van der Waals surface area contributed by atoms with Crippen molar-refractivity contribution in [3.63, 3.8) is 0 Å². The molecule has 9 aromatic rings. The maximum Gasteiger partial charge on any atom is 0.0714 e. The zero-order valence-electron chi connectivity index (χ0n) is 35.2. The lowest BCUT2D eigenvalue weighted by atomic mass is 9.67. The highest BCUT2D eigenvalue weighted by molar-refractivity contribution is 5.92. The molecule has 0 amide bonds. The summed E-state index contributed by atoms with van der Waals surface area (Å²) in [6.07, 6.45) is 0. The van der Waals surface area contributed by atoms with Crippen molar-refractivity contribution >= 4 is 17.1 Å². The van der Waals surface area contributed by atoms with E-state index in [-0.39, 0.29) is 5.41 Å². The Balaban J connectivity index is 1.13. The maximum atomic E-state index is 2.52. The average Bonchev–Trinajstić information content (AvgIpc) is 3.73. The smallest absolute Gasteiger partial charge is 0.0714 e. The molecule has 0 radical (unpaired) electrons. The van der Waals surface area contributed by atoms with Gasteiger partial charge in [-0.25, -0.2) is 0 Å². The Hall–Kier alpha value is -7.22. The predicted octanol–water partition coefficient (Wildman–Crippen LogP) is 15.8. The molecule has 0 spiro atoms. The molecule has 9 aromatic carbocycles. The van der Waals surface area contributed by atoms with Crippen molar-refractivity contribution in [1.82, 2.24) is 0 Å². The second-order valence-corrected chi connectivity index (χ2v) is 17.4. The van der Waals surface area contributed by atoms with E-state index in [1.54, 1.807) is 0 Å². The predicted molar refractivity (Wildman–Crippen MR) is 256 cm³/mol. The van der Waals surface area contributed by atoms with Crippen LogP contribution in [-0.4, -0.2) is 0 Å².